The number of alkyl halides is 3. The fraction of sp³-hybridized carbons (Fsp3) is 0.684. The zero-order valence-corrected chi connectivity index (χ0v) is 19.9. The second-order valence-electron chi connectivity index (χ2n) is 9.56. The molecule has 0 fully saturated rings. The van der Waals surface area contributed by atoms with Crippen molar-refractivity contribution in [2.24, 2.45) is 0 Å². The number of aromatic nitrogens is 1. The van der Waals surface area contributed by atoms with Gasteiger partial charge in [0.25, 0.3) is 0 Å². The molecule has 2 heterocycles. The van der Waals surface area contributed by atoms with E-state index < -0.39 is 56.1 Å². The molecular formula is C19H27ClF3N3O4S. The Bertz CT molecular complexity index is 899. The Hall–Kier alpha value is -1.43. The smallest absolute Gasteiger partial charge is 0.420 e. The standard InChI is InChI=1S/C19H27ClF3N3O4S/c1-16(2,3)30-15(28)26-9-18(7,25-31(29)17(4,5)6)10-8-11(13(27)19(21,22)23)24-14(20)12(10)26/h8,13,25,27H,9H2,1-7H3/t13?,18-,31?/m0/s1. The summed E-state index contributed by atoms with van der Waals surface area (Å²) in [5.74, 6) is 0. The first kappa shape index (κ1) is 25.8. The number of hydrogen-bond acceptors (Lipinski definition) is 5. The summed E-state index contributed by atoms with van der Waals surface area (Å²) in [6.07, 6.45) is -8.62. The van der Waals surface area contributed by atoms with Crippen LogP contribution in [0.25, 0.3) is 0 Å². The summed E-state index contributed by atoms with van der Waals surface area (Å²) in [7, 11) is -1.64. The van der Waals surface area contributed by atoms with E-state index in [0.717, 1.165) is 11.0 Å². The van der Waals surface area contributed by atoms with Crippen LogP contribution in [-0.2, 0) is 21.3 Å². The Morgan fingerprint density at radius 2 is 1.87 bits per heavy atom. The van der Waals surface area contributed by atoms with Gasteiger partial charge in [0, 0.05) is 5.56 Å². The summed E-state index contributed by atoms with van der Waals surface area (Å²) >= 11 is 6.19. The molecule has 0 bridgehead atoms. The van der Waals surface area contributed by atoms with Gasteiger partial charge in [0.05, 0.1) is 39.2 Å². The van der Waals surface area contributed by atoms with Crippen LogP contribution in [0.1, 0.15) is 65.8 Å². The van der Waals surface area contributed by atoms with E-state index in [1.54, 1.807) is 48.5 Å². The number of halogens is 4. The van der Waals surface area contributed by atoms with E-state index in [-0.39, 0.29) is 17.8 Å². The van der Waals surface area contributed by atoms with Gasteiger partial charge in [-0.05, 0) is 54.5 Å². The van der Waals surface area contributed by atoms with Gasteiger partial charge in [-0.15, -0.1) is 0 Å². The minimum Gasteiger partial charge on any atom is -0.443 e. The van der Waals surface area contributed by atoms with Crippen molar-refractivity contribution in [1.82, 2.24) is 9.71 Å². The second kappa shape index (κ2) is 8.17. The van der Waals surface area contributed by atoms with Gasteiger partial charge in [-0.3, -0.25) is 4.90 Å². The molecule has 12 heteroatoms. The summed E-state index contributed by atoms with van der Waals surface area (Å²) in [5.41, 5.74) is -2.64. The molecule has 0 saturated heterocycles. The van der Waals surface area contributed by atoms with E-state index in [4.69, 9.17) is 16.3 Å². The number of amides is 1. The van der Waals surface area contributed by atoms with Crippen molar-refractivity contribution in [2.45, 2.75) is 76.6 Å². The van der Waals surface area contributed by atoms with E-state index in [2.05, 4.69) is 9.71 Å². The van der Waals surface area contributed by atoms with E-state index in [9.17, 15) is 27.3 Å². The number of hydrogen-bond donors (Lipinski definition) is 2. The van der Waals surface area contributed by atoms with E-state index in [1.165, 1.54) is 0 Å². The van der Waals surface area contributed by atoms with Crippen LogP contribution in [0, 0.1) is 0 Å². The van der Waals surface area contributed by atoms with Crippen molar-refractivity contribution >= 4 is 34.4 Å². The topological polar surface area (TPSA) is 91.8 Å². The zero-order chi connectivity index (χ0) is 24.2. The Morgan fingerprint density at radius 1 is 1.32 bits per heavy atom. The number of aliphatic hydroxyl groups excluding tert-OH is 1. The molecule has 1 aromatic heterocycles. The second-order valence-corrected chi connectivity index (χ2v) is 11.9. The molecule has 0 aliphatic carbocycles. The van der Waals surface area contributed by atoms with Crippen molar-refractivity contribution in [3.8, 4) is 0 Å². The Labute approximate surface area is 186 Å². The van der Waals surface area contributed by atoms with Crippen LogP contribution in [0.2, 0.25) is 5.15 Å². The summed E-state index contributed by atoms with van der Waals surface area (Å²) in [6, 6.07) is 1.02. The van der Waals surface area contributed by atoms with Crippen LogP contribution < -0.4 is 9.62 Å². The first-order valence-electron chi connectivity index (χ1n) is 9.42. The molecule has 7 nitrogen and oxygen atoms in total. The van der Waals surface area contributed by atoms with Crippen molar-refractivity contribution in [1.29, 1.82) is 0 Å². The van der Waals surface area contributed by atoms with Gasteiger partial charge in [0.2, 0.25) is 0 Å². The van der Waals surface area contributed by atoms with Crippen LogP contribution >= 0.6 is 11.6 Å². The lowest BCUT2D eigenvalue weighted by Gasteiger charge is -2.31. The largest absolute Gasteiger partial charge is 0.443 e. The predicted molar refractivity (Wildman–Crippen MR) is 112 cm³/mol. The number of carbonyl (C=O) groups is 1. The molecule has 0 saturated carbocycles. The summed E-state index contributed by atoms with van der Waals surface area (Å²) in [6.45, 7) is 11.6. The molecule has 1 amide bonds. The fourth-order valence-corrected chi connectivity index (χ4v) is 4.10. The zero-order valence-electron chi connectivity index (χ0n) is 18.3. The average molecular weight is 486 g/mol. The molecule has 176 valence electrons. The van der Waals surface area contributed by atoms with Gasteiger partial charge in [0.15, 0.2) is 11.3 Å². The minimum absolute atomic E-state index is 0.0370. The highest BCUT2D eigenvalue weighted by atomic mass is 35.5. The van der Waals surface area contributed by atoms with Gasteiger partial charge in [0.1, 0.15) is 5.60 Å². The van der Waals surface area contributed by atoms with Crippen molar-refractivity contribution < 1.29 is 32.0 Å². The molecule has 1 aliphatic heterocycles. The van der Waals surface area contributed by atoms with E-state index in [0.29, 0.717) is 0 Å². The molecule has 2 rings (SSSR count). The fourth-order valence-electron chi connectivity index (χ4n) is 2.91. The maximum Gasteiger partial charge on any atom is 0.420 e. The Morgan fingerprint density at radius 3 is 2.32 bits per heavy atom. The number of nitrogens with one attached hydrogen (secondary N) is 1. The molecule has 2 N–H and O–H groups in total. The summed E-state index contributed by atoms with van der Waals surface area (Å²) in [5, 5.41) is 9.28. The van der Waals surface area contributed by atoms with E-state index in [1.807, 2.05) is 0 Å². The molecule has 1 aliphatic rings. The van der Waals surface area contributed by atoms with Gasteiger partial charge in [-0.25, -0.2) is 18.7 Å². The lowest BCUT2D eigenvalue weighted by atomic mass is 9.95. The molecule has 0 aromatic carbocycles. The molecule has 0 radical (unpaired) electrons. The van der Waals surface area contributed by atoms with Crippen LogP contribution in [0.15, 0.2) is 6.07 Å². The molecule has 0 spiro atoms. The third-order valence-corrected chi connectivity index (χ3v) is 6.40. The van der Waals surface area contributed by atoms with Crippen LogP contribution in [-0.4, -0.2) is 43.5 Å². The number of nitrogens with zero attached hydrogens (tertiary/aromatic N) is 2. The van der Waals surface area contributed by atoms with Crippen molar-refractivity contribution in [3.63, 3.8) is 0 Å². The lowest BCUT2D eigenvalue weighted by molar-refractivity contribution is -0.208. The minimum atomic E-state index is -4.97. The molecule has 1 aromatic rings. The predicted octanol–water partition coefficient (Wildman–Crippen LogP) is 4.35. The molecular weight excluding hydrogens is 459 g/mol. The number of fused-ring (bicyclic) bond motifs is 1. The summed E-state index contributed by atoms with van der Waals surface area (Å²) < 4.78 is 59.7. The number of rotatable bonds is 3. The third-order valence-electron chi connectivity index (χ3n) is 4.39. The maximum absolute atomic E-state index is 13.1. The van der Waals surface area contributed by atoms with Gasteiger partial charge >= 0.3 is 12.3 Å². The highest BCUT2D eigenvalue weighted by Gasteiger charge is 2.48. The van der Waals surface area contributed by atoms with Crippen molar-refractivity contribution in [2.75, 3.05) is 11.4 Å². The molecule has 3 atom stereocenters. The first-order valence-corrected chi connectivity index (χ1v) is 10.9. The summed E-state index contributed by atoms with van der Waals surface area (Å²) in [4.78, 5) is 17.6. The number of pyridine rings is 1. The lowest BCUT2D eigenvalue weighted by Crippen LogP contribution is -2.50. The van der Waals surface area contributed by atoms with Crippen LogP contribution in [0.3, 0.4) is 0 Å². The number of ether oxygens (including phenoxy) is 1. The van der Waals surface area contributed by atoms with Crippen LogP contribution in [0.4, 0.5) is 23.7 Å². The Balaban J connectivity index is 2.64. The quantitative estimate of drug-likeness (QED) is 0.621. The third kappa shape index (κ3) is 5.68. The number of anilines is 1. The SMILES string of the molecule is CC(C)(C)OC(=O)N1C[C@](C)(NS(=O)C(C)(C)C)c2cc(C(O)C(F)(F)F)nc(Cl)c21. The van der Waals surface area contributed by atoms with Crippen molar-refractivity contribution in [3.05, 3.63) is 22.5 Å². The monoisotopic (exact) mass is 485 g/mol. The van der Waals surface area contributed by atoms with Gasteiger partial charge in [-0.1, -0.05) is 11.6 Å². The average Bonchev–Trinajstić information content (AvgIpc) is 2.84. The molecule has 31 heavy (non-hydrogen) atoms. The molecule has 2 unspecified atom stereocenters. The highest BCUT2D eigenvalue weighted by Crippen LogP contribution is 2.46. The van der Waals surface area contributed by atoms with Gasteiger partial charge in [-0.2, -0.15) is 13.2 Å². The first-order chi connectivity index (χ1) is 13.8. The van der Waals surface area contributed by atoms with E-state index >= 15 is 0 Å². The Kier molecular flexibility index (Phi) is 6.80. The van der Waals surface area contributed by atoms with Gasteiger partial charge < -0.3 is 9.84 Å². The number of aliphatic hydroxyl groups is 1. The number of carbonyl (C=O) groups excluding carboxylic acids is 1. The highest BCUT2D eigenvalue weighted by molar-refractivity contribution is 7.84. The maximum atomic E-state index is 13.1. The van der Waals surface area contributed by atoms with Crippen LogP contribution in [0.5, 0.6) is 0 Å². The normalized spacial score (nSPS) is 21.6.